The fourth-order valence-electron chi connectivity index (χ4n) is 5.86. The van der Waals surface area contributed by atoms with Crippen LogP contribution in [0.1, 0.15) is 45.4 Å². The van der Waals surface area contributed by atoms with Crippen LogP contribution in [0.15, 0.2) is 0 Å². The van der Waals surface area contributed by atoms with Crippen LogP contribution in [0.3, 0.4) is 0 Å². The summed E-state index contributed by atoms with van der Waals surface area (Å²) in [6.07, 6.45) is 8.13. The molecule has 0 aromatic rings. The summed E-state index contributed by atoms with van der Waals surface area (Å²) in [5.74, 6) is 8.59. The normalized spacial score (nSPS) is 50.2. The van der Waals surface area contributed by atoms with Gasteiger partial charge < -0.3 is 4.74 Å². The predicted molar refractivity (Wildman–Crippen MR) is 67.4 cm³/mol. The summed E-state index contributed by atoms with van der Waals surface area (Å²) in [6.45, 7) is 2.26. The van der Waals surface area contributed by atoms with Gasteiger partial charge in [-0.25, -0.2) is 4.79 Å². The molecule has 0 amide bonds. The lowest BCUT2D eigenvalue weighted by Gasteiger charge is -2.49. The highest BCUT2D eigenvalue weighted by Crippen LogP contribution is 2.78. The highest BCUT2D eigenvalue weighted by atomic mass is 16.5. The Morgan fingerprint density at radius 2 is 2.17 bits per heavy atom. The number of fused-ring (bicyclic) bond motifs is 2. The summed E-state index contributed by atoms with van der Waals surface area (Å²) in [5.41, 5.74) is 0.831. The molecule has 4 aliphatic carbocycles. The second-order valence-electron chi connectivity index (χ2n) is 7.00. The van der Waals surface area contributed by atoms with Crippen molar-refractivity contribution in [2.24, 2.45) is 28.6 Å². The number of hydrogen-bond acceptors (Lipinski definition) is 2. The van der Waals surface area contributed by atoms with Crippen LogP contribution in [0, 0.1) is 40.4 Å². The third-order valence-corrected chi connectivity index (χ3v) is 6.17. The first-order valence-corrected chi connectivity index (χ1v) is 7.36. The van der Waals surface area contributed by atoms with E-state index in [2.05, 4.69) is 11.8 Å². The van der Waals surface area contributed by atoms with Gasteiger partial charge in [-0.05, 0) is 68.6 Å². The van der Waals surface area contributed by atoms with Crippen LogP contribution in [0.5, 0.6) is 0 Å². The van der Waals surface area contributed by atoms with Gasteiger partial charge in [0.25, 0.3) is 0 Å². The first-order chi connectivity index (χ1) is 8.66. The fourth-order valence-corrected chi connectivity index (χ4v) is 5.86. The molecule has 0 heterocycles. The Bertz CT molecular complexity index is 467. The molecule has 4 rings (SSSR count). The molecular formula is C16H20O2. The molecule has 0 N–H and O–H groups in total. The summed E-state index contributed by atoms with van der Waals surface area (Å²) in [4.78, 5) is 11.4. The van der Waals surface area contributed by atoms with Crippen molar-refractivity contribution in [2.45, 2.75) is 45.4 Å². The summed E-state index contributed by atoms with van der Waals surface area (Å²) in [7, 11) is 0. The molecule has 3 bridgehead atoms. The van der Waals surface area contributed by atoms with Gasteiger partial charge in [0, 0.05) is 11.3 Å². The van der Waals surface area contributed by atoms with Gasteiger partial charge in [0.15, 0.2) is 0 Å². The van der Waals surface area contributed by atoms with Gasteiger partial charge in [-0.3, -0.25) is 0 Å². The minimum Gasteiger partial charge on any atom is -0.456 e. The zero-order valence-corrected chi connectivity index (χ0v) is 11.0. The van der Waals surface area contributed by atoms with E-state index in [4.69, 9.17) is 4.74 Å². The molecule has 0 aromatic heterocycles. The summed E-state index contributed by atoms with van der Waals surface area (Å²) in [5, 5.41) is 0. The first kappa shape index (κ1) is 10.9. The number of rotatable bonds is 1. The Kier molecular flexibility index (Phi) is 2.01. The van der Waals surface area contributed by atoms with Crippen molar-refractivity contribution in [1.82, 2.24) is 0 Å². The monoisotopic (exact) mass is 244 g/mol. The Hall–Kier alpha value is -0.970. The number of ether oxygens (including phenoxy) is 1. The van der Waals surface area contributed by atoms with Crippen LogP contribution in [-0.4, -0.2) is 12.6 Å². The topological polar surface area (TPSA) is 26.3 Å². The molecule has 0 saturated heterocycles. The Morgan fingerprint density at radius 1 is 1.28 bits per heavy atom. The molecule has 96 valence electrons. The van der Waals surface area contributed by atoms with Crippen LogP contribution in [0.4, 0.5) is 0 Å². The highest BCUT2D eigenvalue weighted by Gasteiger charge is 2.70. The van der Waals surface area contributed by atoms with E-state index in [1.165, 1.54) is 38.5 Å². The zero-order chi connectivity index (χ0) is 12.4. The SMILES string of the molecule is CCOC(=O)C#CC12CC3CC4CC(C1)C4(C3)C2. The number of esters is 1. The highest BCUT2D eigenvalue weighted by molar-refractivity contribution is 5.88. The van der Waals surface area contributed by atoms with Crippen molar-refractivity contribution >= 4 is 5.97 Å². The molecule has 4 aliphatic rings. The van der Waals surface area contributed by atoms with Crippen molar-refractivity contribution < 1.29 is 9.53 Å². The molecule has 0 radical (unpaired) electrons. The van der Waals surface area contributed by atoms with Gasteiger partial charge in [0.1, 0.15) is 0 Å². The van der Waals surface area contributed by atoms with Gasteiger partial charge in [-0.2, -0.15) is 0 Å². The first-order valence-electron chi connectivity index (χ1n) is 7.36. The second-order valence-corrected chi connectivity index (χ2v) is 7.00. The maximum absolute atomic E-state index is 11.4. The smallest absolute Gasteiger partial charge is 0.384 e. The van der Waals surface area contributed by atoms with E-state index in [0.717, 1.165) is 17.8 Å². The number of hydrogen-bond donors (Lipinski definition) is 0. The van der Waals surface area contributed by atoms with Crippen LogP contribution in [-0.2, 0) is 9.53 Å². The van der Waals surface area contributed by atoms with E-state index in [9.17, 15) is 4.79 Å². The quantitative estimate of drug-likeness (QED) is 0.403. The molecule has 5 atom stereocenters. The van der Waals surface area contributed by atoms with Crippen molar-refractivity contribution in [2.75, 3.05) is 6.61 Å². The molecule has 0 aliphatic heterocycles. The molecule has 5 unspecified atom stereocenters. The minimum atomic E-state index is -0.335. The van der Waals surface area contributed by atoms with Crippen LogP contribution in [0.25, 0.3) is 0 Å². The van der Waals surface area contributed by atoms with Crippen molar-refractivity contribution in [3.05, 3.63) is 0 Å². The molecule has 4 saturated carbocycles. The largest absolute Gasteiger partial charge is 0.456 e. The second kappa shape index (κ2) is 3.32. The lowest BCUT2D eigenvalue weighted by atomic mass is 9.55. The van der Waals surface area contributed by atoms with E-state index < -0.39 is 0 Å². The van der Waals surface area contributed by atoms with E-state index in [-0.39, 0.29) is 11.4 Å². The van der Waals surface area contributed by atoms with Gasteiger partial charge in [-0.15, -0.1) is 0 Å². The fraction of sp³-hybridized carbons (Fsp3) is 0.812. The average Bonchev–Trinajstić information content (AvgIpc) is 2.64. The third kappa shape index (κ3) is 1.23. The van der Waals surface area contributed by atoms with Gasteiger partial charge in [0.2, 0.25) is 0 Å². The van der Waals surface area contributed by atoms with E-state index in [1.807, 2.05) is 6.92 Å². The third-order valence-electron chi connectivity index (χ3n) is 6.17. The van der Waals surface area contributed by atoms with E-state index in [1.54, 1.807) is 0 Å². The summed E-state index contributed by atoms with van der Waals surface area (Å²) in [6, 6.07) is 0. The Morgan fingerprint density at radius 3 is 3.00 bits per heavy atom. The van der Waals surface area contributed by atoms with Crippen LogP contribution in [0.2, 0.25) is 0 Å². The zero-order valence-electron chi connectivity index (χ0n) is 11.0. The van der Waals surface area contributed by atoms with Crippen molar-refractivity contribution in [3.63, 3.8) is 0 Å². The predicted octanol–water partition coefficient (Wildman–Crippen LogP) is 2.77. The molecule has 2 nitrogen and oxygen atoms in total. The maximum Gasteiger partial charge on any atom is 0.384 e. The van der Waals surface area contributed by atoms with Gasteiger partial charge >= 0.3 is 5.97 Å². The average molecular weight is 244 g/mol. The maximum atomic E-state index is 11.4. The lowest BCUT2D eigenvalue weighted by molar-refractivity contribution is -0.136. The molecular weight excluding hydrogens is 224 g/mol. The van der Waals surface area contributed by atoms with Crippen molar-refractivity contribution in [3.8, 4) is 11.8 Å². The van der Waals surface area contributed by atoms with Gasteiger partial charge in [-0.1, -0.05) is 5.92 Å². The minimum absolute atomic E-state index is 0.172. The number of carbonyl (C=O) groups excluding carboxylic acids is 1. The van der Waals surface area contributed by atoms with Gasteiger partial charge in [0.05, 0.1) is 6.61 Å². The standard InChI is InChI=1S/C16H20O2/c1-2-18-14(17)3-4-15-7-11-5-12-6-13(9-15)16(12,8-11)10-15/h11-13H,2,5-10H2,1H3. The summed E-state index contributed by atoms with van der Waals surface area (Å²) >= 11 is 0. The molecule has 1 spiro atoms. The molecule has 4 fully saturated rings. The molecule has 2 heteroatoms. The lowest BCUT2D eigenvalue weighted by Crippen LogP contribution is -2.41. The van der Waals surface area contributed by atoms with Crippen LogP contribution >= 0.6 is 0 Å². The van der Waals surface area contributed by atoms with E-state index in [0.29, 0.717) is 12.0 Å². The Labute approximate surface area is 108 Å². The van der Waals surface area contributed by atoms with Crippen LogP contribution < -0.4 is 0 Å². The Balaban J connectivity index is 1.61. The number of carbonyl (C=O) groups is 1. The van der Waals surface area contributed by atoms with Crippen molar-refractivity contribution in [1.29, 1.82) is 0 Å². The van der Waals surface area contributed by atoms with E-state index >= 15 is 0 Å². The molecule has 0 aromatic carbocycles. The summed E-state index contributed by atoms with van der Waals surface area (Å²) < 4.78 is 4.93. The molecule has 18 heavy (non-hydrogen) atoms.